The molecule has 5 aliphatic rings. The Balaban J connectivity index is 0.676. The third-order valence-corrected chi connectivity index (χ3v) is 18.5. The van der Waals surface area contributed by atoms with Gasteiger partial charge in [0.1, 0.15) is 35.5 Å². The molecule has 1 atom stereocenters. The summed E-state index contributed by atoms with van der Waals surface area (Å²) >= 11 is 6.27. The Morgan fingerprint density at radius 3 is 2.45 bits per heavy atom. The lowest BCUT2D eigenvalue weighted by Crippen LogP contribution is -2.54. The zero-order chi connectivity index (χ0) is 61.9. The number of carbonyl (C=O) groups is 6. The highest BCUT2D eigenvalue weighted by atomic mass is 35.5. The normalized spacial score (nSPS) is 18.2. The number of hydrogen-bond acceptors (Lipinski definition) is 16. The van der Waals surface area contributed by atoms with Crippen LogP contribution in [0.25, 0.3) is 16.6 Å². The number of anilines is 2. The Bertz CT molecular complexity index is 3990. The molecule has 88 heavy (non-hydrogen) atoms. The minimum atomic E-state index is -4.68. The molecule has 11 rings (SSSR count). The Morgan fingerprint density at radius 1 is 0.909 bits per heavy atom. The van der Waals surface area contributed by atoms with Crippen LogP contribution in [0.2, 0.25) is 5.02 Å². The van der Waals surface area contributed by atoms with Gasteiger partial charge in [0.15, 0.2) is 0 Å². The number of aromatic nitrogens is 2. The second kappa shape index (κ2) is 25.8. The summed E-state index contributed by atoms with van der Waals surface area (Å²) in [4.78, 5) is 104. The molecule has 0 saturated carbocycles. The van der Waals surface area contributed by atoms with Crippen LogP contribution in [0.4, 0.5) is 17.1 Å². The highest BCUT2D eigenvalue weighted by Crippen LogP contribution is 2.44. The number of piperidine rings is 2. The largest absolute Gasteiger partial charge is 0.455 e. The number of imide groups is 2. The van der Waals surface area contributed by atoms with Crippen LogP contribution in [0.5, 0.6) is 11.5 Å². The number of H-pyrrole nitrogens is 1. The topological polar surface area (TPSA) is 276 Å². The molecule has 1 aliphatic carbocycles. The zero-order valence-electron chi connectivity index (χ0n) is 48.6. The number of amides is 6. The van der Waals surface area contributed by atoms with Gasteiger partial charge in [0.25, 0.3) is 33.4 Å². The number of nitrogens with zero attached hydrogens (tertiary/aromatic N) is 6. The van der Waals surface area contributed by atoms with Crippen molar-refractivity contribution < 1.29 is 51.6 Å². The summed E-state index contributed by atoms with van der Waals surface area (Å²) in [5, 5.41) is 19.2. The van der Waals surface area contributed by atoms with Crippen molar-refractivity contribution in [3.05, 3.63) is 152 Å². The van der Waals surface area contributed by atoms with Crippen molar-refractivity contribution in [2.24, 2.45) is 11.3 Å². The van der Waals surface area contributed by atoms with E-state index < -0.39 is 61.1 Å². The van der Waals surface area contributed by atoms with Crippen molar-refractivity contribution in [3.63, 3.8) is 0 Å². The number of halogens is 1. The van der Waals surface area contributed by atoms with Crippen LogP contribution in [0.3, 0.4) is 0 Å². The van der Waals surface area contributed by atoms with Gasteiger partial charge in [-0.05, 0) is 122 Å². The number of piperazine rings is 1. The van der Waals surface area contributed by atoms with Gasteiger partial charge < -0.3 is 29.6 Å². The fourth-order valence-corrected chi connectivity index (χ4v) is 13.1. The maximum absolute atomic E-state index is 14.1. The van der Waals surface area contributed by atoms with Crippen LogP contribution in [-0.2, 0) is 29.1 Å². The molecule has 3 saturated heterocycles. The van der Waals surface area contributed by atoms with Crippen molar-refractivity contribution >= 4 is 90.7 Å². The predicted octanol–water partition coefficient (Wildman–Crippen LogP) is 8.33. The lowest BCUT2D eigenvalue weighted by atomic mass is 9.72. The van der Waals surface area contributed by atoms with Gasteiger partial charge in [-0.1, -0.05) is 61.1 Å². The number of nitro benzene ring substituents is 1. The second-order valence-corrected chi connectivity index (χ2v) is 25.5. The number of nitro groups is 1. The fourth-order valence-electron chi connectivity index (χ4n) is 12.0. The molecule has 4 N–H and O–H groups in total. The third-order valence-electron chi connectivity index (χ3n) is 16.9. The predicted molar refractivity (Wildman–Crippen MR) is 328 cm³/mol. The molecule has 6 aromatic rings. The van der Waals surface area contributed by atoms with E-state index in [1.54, 1.807) is 41.4 Å². The molecule has 2 aromatic heterocycles. The summed E-state index contributed by atoms with van der Waals surface area (Å²) in [5.41, 5.74) is 5.61. The van der Waals surface area contributed by atoms with E-state index in [1.165, 1.54) is 47.2 Å². The van der Waals surface area contributed by atoms with Gasteiger partial charge in [0.05, 0.1) is 39.3 Å². The van der Waals surface area contributed by atoms with E-state index in [-0.39, 0.29) is 77.8 Å². The van der Waals surface area contributed by atoms with E-state index in [0.29, 0.717) is 67.5 Å². The van der Waals surface area contributed by atoms with Crippen molar-refractivity contribution in [1.29, 1.82) is 0 Å². The van der Waals surface area contributed by atoms with Gasteiger partial charge in [-0.15, -0.1) is 0 Å². The number of hydrogen-bond donors (Lipinski definition) is 4. The number of aromatic amines is 1. The van der Waals surface area contributed by atoms with Crippen LogP contribution in [0.1, 0.15) is 107 Å². The number of fused-ring (bicyclic) bond motifs is 2. The summed E-state index contributed by atoms with van der Waals surface area (Å²) in [6, 6.07) is 23.6. The SMILES string of the molecule is CC1(C)CCC(CN2CCN(c3ccc(C(=O)NS(=O)(=O)c4ccc(NCC5CCN(C(=O)COCCC#Cc6cccc7c6C(=O)N(C6CCC(=O)NC6=O)C7=O)CC5)c([N+](=O)[O-])c4)c(Oc4cnc5[nH]ccc5c4)c3)CC2)=C(c2ccc(Cl)cc2)C1. The number of nitrogens with one attached hydrogen (secondary N) is 4. The molecule has 6 amide bonds. The molecule has 0 radical (unpaired) electrons. The van der Waals surface area contributed by atoms with E-state index in [2.05, 4.69) is 72.9 Å². The van der Waals surface area contributed by atoms with Crippen molar-refractivity contribution in [3.8, 4) is 23.3 Å². The van der Waals surface area contributed by atoms with Crippen LogP contribution < -0.4 is 25.0 Å². The van der Waals surface area contributed by atoms with Gasteiger partial charge in [-0.3, -0.25) is 54.0 Å². The van der Waals surface area contributed by atoms with Gasteiger partial charge in [0, 0.05) is 105 Å². The number of carbonyl (C=O) groups excluding carboxylic acids is 6. The Kier molecular flexibility index (Phi) is 17.8. The smallest absolute Gasteiger partial charge is 0.293 e. The molecular formula is C64H65ClN10O12S. The van der Waals surface area contributed by atoms with Gasteiger partial charge >= 0.3 is 0 Å². The minimum Gasteiger partial charge on any atom is -0.455 e. The first-order valence-electron chi connectivity index (χ1n) is 29.2. The van der Waals surface area contributed by atoms with Crippen molar-refractivity contribution in [2.75, 3.05) is 75.8 Å². The molecular weight excluding hydrogens is 1170 g/mol. The van der Waals surface area contributed by atoms with E-state index in [9.17, 15) is 47.3 Å². The first-order valence-corrected chi connectivity index (χ1v) is 31.1. The third kappa shape index (κ3) is 13.6. The number of sulfonamides is 1. The molecule has 3 fully saturated rings. The number of rotatable bonds is 18. The van der Waals surface area contributed by atoms with Crippen molar-refractivity contribution in [2.45, 2.75) is 76.2 Å². The quantitative estimate of drug-likeness (QED) is 0.0207. The summed E-state index contributed by atoms with van der Waals surface area (Å²) in [6.45, 7) is 9.44. The highest BCUT2D eigenvalue weighted by molar-refractivity contribution is 7.90. The Labute approximate surface area is 513 Å². The average Bonchev–Trinajstić information content (AvgIpc) is 2.22. The monoisotopic (exact) mass is 1230 g/mol. The van der Waals surface area contributed by atoms with Gasteiger partial charge in [-0.25, -0.2) is 18.1 Å². The molecule has 0 bridgehead atoms. The standard InChI is InChI=1S/C64H65ClN10O12S/c1-64(2)23-19-44(51(35-64)41-9-11-45(65)12-10-41)38-71-27-29-72(30-28-71)46-13-15-49(55(33-46)87-47-32-43-20-24-66-59(43)68-37-47)60(78)70-88(84,85)48-14-16-52(54(34-48)75(82)83)67-36-40-21-25-73(26-22-40)57(77)39-86-31-4-3-6-42-7-5-8-50-58(42)63(81)74(62(50)80)53-17-18-56(76)69-61(53)79/h5,7-16,20,24,32-34,37,40,53,67H,4,17-19,21-23,25-31,35-36,38-39H2,1-2H3,(H,66,68)(H,70,78)(H,69,76,79). The second-order valence-electron chi connectivity index (χ2n) is 23.4. The number of likely N-dealkylation sites (tertiary alicyclic amines) is 1. The molecule has 0 spiro atoms. The van der Waals surface area contributed by atoms with Crippen LogP contribution in [0, 0.1) is 33.3 Å². The lowest BCUT2D eigenvalue weighted by molar-refractivity contribution is -0.384. The molecule has 24 heteroatoms. The molecule has 1 unspecified atom stereocenters. The number of allylic oxidation sites excluding steroid dienone is 1. The lowest BCUT2D eigenvalue weighted by Gasteiger charge is -2.39. The van der Waals surface area contributed by atoms with Crippen LogP contribution >= 0.6 is 11.6 Å². The summed E-state index contributed by atoms with van der Waals surface area (Å²) < 4.78 is 42.0. The summed E-state index contributed by atoms with van der Waals surface area (Å²) in [7, 11) is -4.68. The van der Waals surface area contributed by atoms with Crippen LogP contribution in [0.15, 0.2) is 114 Å². The Hall–Kier alpha value is -8.95. The number of benzene rings is 4. The van der Waals surface area contributed by atoms with E-state index in [4.69, 9.17) is 21.1 Å². The van der Waals surface area contributed by atoms with Crippen molar-refractivity contribution in [1.82, 2.24) is 34.7 Å². The average molecular weight is 1230 g/mol. The van der Waals surface area contributed by atoms with E-state index in [0.717, 1.165) is 60.9 Å². The van der Waals surface area contributed by atoms with Gasteiger partial charge in [-0.2, -0.15) is 0 Å². The molecule has 22 nitrogen and oxygen atoms in total. The first-order chi connectivity index (χ1) is 42.3. The van der Waals surface area contributed by atoms with Gasteiger partial charge in [0.2, 0.25) is 17.7 Å². The maximum atomic E-state index is 14.1. The summed E-state index contributed by atoms with van der Waals surface area (Å²) in [5.74, 6) is 2.53. The minimum absolute atomic E-state index is 0.00278. The molecule has 4 aromatic carbocycles. The molecule has 6 heterocycles. The number of ether oxygens (including phenoxy) is 2. The first kappa shape index (κ1) is 60.7. The van der Waals surface area contributed by atoms with E-state index >= 15 is 0 Å². The molecule has 456 valence electrons. The maximum Gasteiger partial charge on any atom is 0.293 e. The molecule has 4 aliphatic heterocycles. The Morgan fingerprint density at radius 2 is 1.69 bits per heavy atom. The van der Waals surface area contributed by atoms with E-state index in [1.807, 2.05) is 18.2 Å². The highest BCUT2D eigenvalue weighted by Gasteiger charge is 2.45. The fraction of sp³-hybridized carbons (Fsp3) is 0.359. The zero-order valence-corrected chi connectivity index (χ0v) is 50.1. The summed E-state index contributed by atoms with van der Waals surface area (Å²) in [6.07, 6.45) is 7.74. The van der Waals surface area contributed by atoms with Crippen LogP contribution in [-0.4, -0.2) is 145 Å². The number of pyridine rings is 1.